The van der Waals surface area contributed by atoms with Crippen LogP contribution in [0.2, 0.25) is 5.02 Å². The van der Waals surface area contributed by atoms with E-state index in [0.29, 0.717) is 15.7 Å². The van der Waals surface area contributed by atoms with E-state index in [1.807, 2.05) is 12.1 Å². The van der Waals surface area contributed by atoms with Crippen LogP contribution in [0.4, 0.5) is 11.5 Å². The monoisotopic (exact) mass is 496 g/mol. The first-order chi connectivity index (χ1) is 14.4. The van der Waals surface area contributed by atoms with Gasteiger partial charge in [-0.15, -0.1) is 23.7 Å². The molecule has 1 aliphatic heterocycles. The lowest BCUT2D eigenvalue weighted by Crippen LogP contribution is -2.48. The zero-order chi connectivity index (χ0) is 21.1. The van der Waals surface area contributed by atoms with Crippen LogP contribution in [-0.4, -0.2) is 39.5 Å². The number of benzene rings is 1. The first-order valence-electron chi connectivity index (χ1n) is 9.44. The van der Waals surface area contributed by atoms with Gasteiger partial charge in [-0.3, -0.25) is 4.79 Å². The predicted molar refractivity (Wildman–Crippen MR) is 129 cm³/mol. The predicted octanol–water partition coefficient (Wildman–Crippen LogP) is 4.73. The van der Waals surface area contributed by atoms with Crippen molar-refractivity contribution in [3.8, 4) is 0 Å². The second-order valence-electron chi connectivity index (χ2n) is 7.37. The Kier molecular flexibility index (Phi) is 7.77. The molecule has 1 aromatic carbocycles. The van der Waals surface area contributed by atoms with Gasteiger partial charge in [-0.2, -0.15) is 0 Å². The molecule has 3 heterocycles. The van der Waals surface area contributed by atoms with E-state index in [9.17, 15) is 4.79 Å². The quantitative estimate of drug-likeness (QED) is 0.526. The van der Waals surface area contributed by atoms with Gasteiger partial charge in [0.2, 0.25) is 0 Å². The van der Waals surface area contributed by atoms with E-state index in [1.165, 1.54) is 23.1 Å². The summed E-state index contributed by atoms with van der Waals surface area (Å²) in [5.41, 5.74) is 6.64. The van der Waals surface area contributed by atoms with Crippen molar-refractivity contribution in [1.82, 2.24) is 15.0 Å². The van der Waals surface area contributed by atoms with Crippen molar-refractivity contribution >= 4 is 64.5 Å². The van der Waals surface area contributed by atoms with Gasteiger partial charge in [0.1, 0.15) is 10.8 Å². The van der Waals surface area contributed by atoms with Gasteiger partial charge in [0, 0.05) is 35.1 Å². The molecule has 2 aromatic heterocycles. The van der Waals surface area contributed by atoms with Crippen LogP contribution >= 0.6 is 47.1 Å². The number of hydrogen-bond donors (Lipinski definition) is 2. The Hall–Kier alpha value is -1.91. The minimum atomic E-state index is -0.284. The van der Waals surface area contributed by atoms with Gasteiger partial charge < -0.3 is 16.0 Å². The molecule has 0 atom stereocenters. The van der Waals surface area contributed by atoms with Crippen LogP contribution < -0.4 is 16.0 Å². The molecule has 1 aliphatic rings. The number of carbonyl (C=O) groups excluding carboxylic acids is 1. The summed E-state index contributed by atoms with van der Waals surface area (Å²) in [5.74, 6) is 0.568. The Labute approximate surface area is 200 Å². The molecule has 1 fully saturated rings. The lowest BCUT2D eigenvalue weighted by molar-refractivity contribution is 0.102. The van der Waals surface area contributed by atoms with Crippen molar-refractivity contribution in [2.24, 2.45) is 5.73 Å². The maximum atomic E-state index is 12.3. The number of nitrogens with two attached hydrogens (primary N) is 1. The van der Waals surface area contributed by atoms with Crippen molar-refractivity contribution in [3.05, 3.63) is 52.2 Å². The summed E-state index contributed by atoms with van der Waals surface area (Å²) in [7, 11) is 0. The van der Waals surface area contributed by atoms with E-state index in [4.69, 9.17) is 17.3 Å². The second-order valence-corrected chi connectivity index (χ2v) is 9.70. The molecule has 4 rings (SSSR count). The molecule has 1 saturated heterocycles. The van der Waals surface area contributed by atoms with Gasteiger partial charge in [0.25, 0.3) is 5.91 Å². The van der Waals surface area contributed by atoms with Crippen LogP contribution in [0.25, 0.3) is 0 Å². The van der Waals surface area contributed by atoms with Gasteiger partial charge in [0.05, 0.1) is 23.1 Å². The van der Waals surface area contributed by atoms with E-state index < -0.39 is 0 Å². The van der Waals surface area contributed by atoms with E-state index in [-0.39, 0.29) is 23.9 Å². The van der Waals surface area contributed by atoms with Crippen LogP contribution in [0.5, 0.6) is 0 Å². The summed E-state index contributed by atoms with van der Waals surface area (Å²) in [4.78, 5) is 28.4. The van der Waals surface area contributed by atoms with Gasteiger partial charge >= 0.3 is 0 Å². The highest BCUT2D eigenvalue weighted by molar-refractivity contribution is 7.99. The maximum Gasteiger partial charge on any atom is 0.284 e. The van der Waals surface area contributed by atoms with Gasteiger partial charge in [0.15, 0.2) is 5.01 Å². The Morgan fingerprint density at radius 2 is 2.03 bits per heavy atom. The number of halogens is 2. The molecule has 7 nitrogen and oxygen atoms in total. The summed E-state index contributed by atoms with van der Waals surface area (Å²) in [5, 5.41) is 6.13. The number of thiazole rings is 1. The number of amides is 1. The number of nitrogens with one attached hydrogen (secondary N) is 1. The molecule has 0 aliphatic carbocycles. The molecule has 0 radical (unpaired) electrons. The molecule has 1 amide bonds. The molecule has 31 heavy (non-hydrogen) atoms. The number of carbonyl (C=O) groups is 1. The van der Waals surface area contributed by atoms with Gasteiger partial charge in [-0.1, -0.05) is 29.4 Å². The first kappa shape index (κ1) is 23.7. The molecule has 3 N–H and O–H groups in total. The van der Waals surface area contributed by atoms with Gasteiger partial charge in [-0.05, 0) is 31.9 Å². The summed E-state index contributed by atoms with van der Waals surface area (Å²) < 4.78 is 0. The van der Waals surface area contributed by atoms with Crippen LogP contribution in [-0.2, 0) is 0 Å². The summed E-state index contributed by atoms with van der Waals surface area (Å²) in [6.07, 6.45) is 6.98. The fourth-order valence-corrected chi connectivity index (χ4v) is 4.68. The highest BCUT2D eigenvalue weighted by Crippen LogP contribution is 2.37. The zero-order valence-corrected chi connectivity index (χ0v) is 20.0. The normalized spacial score (nSPS) is 15.3. The minimum absolute atomic E-state index is 0. The highest BCUT2D eigenvalue weighted by Gasteiger charge is 2.26. The standard InChI is InChI=1S/C20H21ClN6OS2.ClH/c1-20(22)5-8-27(9-6-20)15-11-25-16(12-24-15)30-14-4-2-3-13(17(14)21)26-18(28)19-23-7-10-29-19;/h2-4,7,10-12H,5-6,8-9,22H2,1H3,(H,26,28);1H. The second kappa shape index (κ2) is 10.1. The smallest absolute Gasteiger partial charge is 0.284 e. The molecule has 0 unspecified atom stereocenters. The molecule has 11 heteroatoms. The third-order valence-electron chi connectivity index (χ3n) is 4.90. The number of rotatable bonds is 5. The van der Waals surface area contributed by atoms with Crippen LogP contribution in [0.15, 0.2) is 52.1 Å². The zero-order valence-electron chi connectivity index (χ0n) is 16.7. The van der Waals surface area contributed by atoms with Crippen molar-refractivity contribution in [2.45, 2.75) is 35.2 Å². The van der Waals surface area contributed by atoms with E-state index in [0.717, 1.165) is 41.7 Å². The summed E-state index contributed by atoms with van der Waals surface area (Å²) in [6, 6.07) is 5.48. The number of hydrogen-bond acceptors (Lipinski definition) is 8. The highest BCUT2D eigenvalue weighted by atomic mass is 35.5. The van der Waals surface area contributed by atoms with Gasteiger partial charge in [-0.25, -0.2) is 15.0 Å². The molecular formula is C20H22Cl2N6OS2. The molecule has 0 saturated carbocycles. The molecule has 0 bridgehead atoms. The lowest BCUT2D eigenvalue weighted by Gasteiger charge is -2.37. The lowest BCUT2D eigenvalue weighted by atomic mass is 9.91. The Balaban J connectivity index is 0.00000272. The number of nitrogens with zero attached hydrogens (tertiary/aromatic N) is 4. The Morgan fingerprint density at radius 3 is 2.68 bits per heavy atom. The fraction of sp³-hybridized carbons (Fsp3) is 0.300. The third kappa shape index (κ3) is 5.87. The molecular weight excluding hydrogens is 475 g/mol. The SMILES string of the molecule is CC1(N)CCN(c2cnc(Sc3cccc(NC(=O)c4nccs4)c3Cl)cn2)CC1.Cl. The first-order valence-corrected chi connectivity index (χ1v) is 11.5. The topological polar surface area (TPSA) is 97.0 Å². The van der Waals surface area contributed by atoms with Crippen molar-refractivity contribution in [3.63, 3.8) is 0 Å². The number of piperidine rings is 1. The molecule has 0 spiro atoms. The molecule has 164 valence electrons. The van der Waals surface area contributed by atoms with E-state index in [2.05, 4.69) is 32.1 Å². The number of anilines is 2. The van der Waals surface area contributed by atoms with Crippen LogP contribution in [0.3, 0.4) is 0 Å². The average molecular weight is 497 g/mol. The van der Waals surface area contributed by atoms with Crippen LogP contribution in [0.1, 0.15) is 29.6 Å². The Bertz CT molecular complexity index is 1020. The average Bonchev–Trinajstić information content (AvgIpc) is 3.27. The summed E-state index contributed by atoms with van der Waals surface area (Å²) in [6.45, 7) is 3.84. The number of aromatic nitrogens is 3. The van der Waals surface area contributed by atoms with Crippen LogP contribution in [0, 0.1) is 0 Å². The van der Waals surface area contributed by atoms with E-state index >= 15 is 0 Å². The maximum absolute atomic E-state index is 12.3. The third-order valence-corrected chi connectivity index (χ3v) is 7.17. The molecule has 3 aromatic rings. The summed E-state index contributed by atoms with van der Waals surface area (Å²) >= 11 is 9.20. The van der Waals surface area contributed by atoms with Crippen molar-refractivity contribution < 1.29 is 4.79 Å². The fourth-order valence-electron chi connectivity index (χ4n) is 3.08. The Morgan fingerprint density at radius 1 is 1.26 bits per heavy atom. The van der Waals surface area contributed by atoms with E-state index in [1.54, 1.807) is 30.0 Å². The minimum Gasteiger partial charge on any atom is -0.355 e. The van der Waals surface area contributed by atoms with Crippen molar-refractivity contribution in [1.29, 1.82) is 0 Å². The largest absolute Gasteiger partial charge is 0.355 e. The van der Waals surface area contributed by atoms with Crippen molar-refractivity contribution in [2.75, 3.05) is 23.3 Å².